The number of hydrogen-bond acceptors (Lipinski definition) is 1. The zero-order valence-corrected chi connectivity index (χ0v) is 26.5. The van der Waals surface area contributed by atoms with Crippen LogP contribution < -0.4 is 0 Å². The summed E-state index contributed by atoms with van der Waals surface area (Å²) in [5.41, 5.74) is 4.86. The summed E-state index contributed by atoms with van der Waals surface area (Å²) in [6.07, 6.45) is 20.4. The molecule has 0 aliphatic heterocycles. The van der Waals surface area contributed by atoms with E-state index in [9.17, 15) is 0 Å². The molecular weight excluding hydrogens is 452 g/mol. The van der Waals surface area contributed by atoms with Gasteiger partial charge in [-0.25, -0.2) is 0 Å². The summed E-state index contributed by atoms with van der Waals surface area (Å²) in [5.74, 6) is 3.66. The normalized spacial score (nSPS) is 35.2. The molecule has 0 N–H and O–H groups in total. The van der Waals surface area contributed by atoms with Gasteiger partial charge in [0.1, 0.15) is 0 Å². The molecule has 0 spiro atoms. The van der Waals surface area contributed by atoms with E-state index in [0.29, 0.717) is 17.3 Å². The highest BCUT2D eigenvalue weighted by molar-refractivity contribution is 6.74. The first-order valence-electron chi connectivity index (χ1n) is 15.1. The van der Waals surface area contributed by atoms with Crippen molar-refractivity contribution < 1.29 is 4.43 Å². The van der Waals surface area contributed by atoms with E-state index in [2.05, 4.69) is 99.4 Å². The molecule has 1 nitrogen and oxygen atoms in total. The van der Waals surface area contributed by atoms with Crippen LogP contribution in [0, 0.1) is 35.0 Å². The van der Waals surface area contributed by atoms with Crippen molar-refractivity contribution in [1.82, 2.24) is 0 Å². The molecule has 0 aromatic heterocycles. The Labute approximate surface area is 226 Å². The molecule has 0 saturated heterocycles. The Bertz CT molecular complexity index is 866. The second-order valence-corrected chi connectivity index (χ2v) is 19.6. The molecule has 1 unspecified atom stereocenters. The third kappa shape index (κ3) is 6.58. The zero-order chi connectivity index (χ0) is 26.9. The van der Waals surface area contributed by atoms with Crippen molar-refractivity contribution in [3.05, 3.63) is 47.6 Å². The van der Waals surface area contributed by atoms with Crippen LogP contribution in [0.25, 0.3) is 0 Å². The largest absolute Gasteiger partial charge is 0.410 e. The predicted octanol–water partition coefficient (Wildman–Crippen LogP) is 10.7. The van der Waals surface area contributed by atoms with E-state index in [0.717, 1.165) is 30.6 Å². The summed E-state index contributed by atoms with van der Waals surface area (Å²) in [5, 5.41) is 0.229. The van der Waals surface area contributed by atoms with Gasteiger partial charge in [-0.05, 0) is 116 Å². The summed E-state index contributed by atoms with van der Waals surface area (Å²) >= 11 is 0. The van der Waals surface area contributed by atoms with E-state index in [1.54, 1.807) is 5.57 Å². The van der Waals surface area contributed by atoms with Gasteiger partial charge < -0.3 is 4.43 Å². The fourth-order valence-corrected chi connectivity index (χ4v) is 8.48. The lowest BCUT2D eigenvalue weighted by Crippen LogP contribution is -2.45. The highest BCUT2D eigenvalue weighted by atomic mass is 28.4. The molecule has 204 valence electrons. The van der Waals surface area contributed by atoms with Crippen LogP contribution in [0.15, 0.2) is 47.6 Å². The van der Waals surface area contributed by atoms with Crippen LogP contribution in [0.5, 0.6) is 0 Å². The van der Waals surface area contributed by atoms with E-state index < -0.39 is 8.32 Å². The molecule has 0 aromatic carbocycles. The van der Waals surface area contributed by atoms with Crippen LogP contribution in [0.3, 0.4) is 0 Å². The van der Waals surface area contributed by atoms with Crippen molar-refractivity contribution in [3.63, 3.8) is 0 Å². The Hall–Kier alpha value is -0.863. The standard InChI is InChI=1S/C34H58OSi/c1-24(2)14-12-15-26(4)30-19-20-31-28(16-13-21-34(30,31)9)17-18-29-22-25(3)23-32(27(29)5)35-36(10,11)33(6,7)8/h12,15,17-18,24-26,30-32H,5,13-14,16,19-23H2,1-4,6-11H3/b15-12+,28-17+,29-18-/t25-,26-,30-,31?,32+,34-/m1/s1. The molecule has 3 saturated carbocycles. The van der Waals surface area contributed by atoms with Crippen LogP contribution in [0.2, 0.25) is 18.1 Å². The van der Waals surface area contributed by atoms with E-state index >= 15 is 0 Å². The molecule has 6 atom stereocenters. The Kier molecular flexibility index (Phi) is 9.47. The topological polar surface area (TPSA) is 9.23 Å². The van der Waals surface area contributed by atoms with E-state index in [-0.39, 0.29) is 11.1 Å². The summed E-state index contributed by atoms with van der Waals surface area (Å²) in [6, 6.07) is 0. The highest BCUT2D eigenvalue weighted by Gasteiger charge is 2.50. The van der Waals surface area contributed by atoms with Crippen molar-refractivity contribution in [1.29, 1.82) is 0 Å². The minimum absolute atomic E-state index is 0.185. The SMILES string of the molecule is C=C1/C(=C\C=C2/CCC[C@@]3(C)C2CC[C@@H]3[C@H](C)/C=C/CC(C)C)C[C@@H](C)C[C@@H]1O[Si](C)(C)C(C)(C)C. The maximum absolute atomic E-state index is 6.89. The minimum atomic E-state index is -1.82. The van der Waals surface area contributed by atoms with Gasteiger partial charge in [-0.1, -0.05) is 91.8 Å². The number of fused-ring (bicyclic) bond motifs is 1. The van der Waals surface area contributed by atoms with Crippen molar-refractivity contribution >= 4 is 8.32 Å². The summed E-state index contributed by atoms with van der Waals surface area (Å²) in [4.78, 5) is 0. The van der Waals surface area contributed by atoms with Gasteiger partial charge in [0.15, 0.2) is 8.32 Å². The van der Waals surface area contributed by atoms with Gasteiger partial charge in [0.05, 0.1) is 6.10 Å². The fourth-order valence-electron chi connectivity index (χ4n) is 7.18. The summed E-state index contributed by atoms with van der Waals surface area (Å²) in [7, 11) is -1.82. The van der Waals surface area contributed by atoms with Gasteiger partial charge >= 0.3 is 0 Å². The van der Waals surface area contributed by atoms with E-state index in [1.807, 2.05) is 0 Å². The molecule has 3 rings (SSSR count). The van der Waals surface area contributed by atoms with Gasteiger partial charge in [0.2, 0.25) is 0 Å². The Morgan fingerprint density at radius 2 is 1.83 bits per heavy atom. The van der Waals surface area contributed by atoms with Crippen LogP contribution in [0.4, 0.5) is 0 Å². The number of hydrogen-bond donors (Lipinski definition) is 0. The molecule has 0 aromatic rings. The fraction of sp³-hybridized carbons (Fsp3) is 0.765. The first-order valence-corrected chi connectivity index (χ1v) is 18.0. The lowest BCUT2D eigenvalue weighted by molar-refractivity contribution is 0.112. The highest BCUT2D eigenvalue weighted by Crippen LogP contribution is 2.59. The van der Waals surface area contributed by atoms with Crippen molar-refractivity contribution in [2.75, 3.05) is 0 Å². The third-order valence-corrected chi connectivity index (χ3v) is 14.9. The van der Waals surface area contributed by atoms with Crippen LogP contribution in [-0.4, -0.2) is 14.4 Å². The minimum Gasteiger partial charge on any atom is -0.410 e. The molecule has 3 fully saturated rings. The molecule has 36 heavy (non-hydrogen) atoms. The Balaban J connectivity index is 1.77. The molecular formula is C34H58OSi. The quantitative estimate of drug-likeness (QED) is 0.244. The van der Waals surface area contributed by atoms with Crippen LogP contribution >= 0.6 is 0 Å². The van der Waals surface area contributed by atoms with Crippen molar-refractivity contribution in [3.8, 4) is 0 Å². The maximum Gasteiger partial charge on any atom is 0.192 e. The molecule has 0 radical (unpaired) electrons. The third-order valence-electron chi connectivity index (χ3n) is 10.4. The molecule has 3 aliphatic carbocycles. The zero-order valence-electron chi connectivity index (χ0n) is 25.5. The molecule has 0 amide bonds. The molecule has 2 heteroatoms. The molecule has 0 heterocycles. The average molecular weight is 511 g/mol. The lowest BCUT2D eigenvalue weighted by atomic mass is 9.61. The first-order chi connectivity index (χ1) is 16.7. The predicted molar refractivity (Wildman–Crippen MR) is 162 cm³/mol. The van der Waals surface area contributed by atoms with E-state index in [1.165, 1.54) is 49.7 Å². The maximum atomic E-state index is 6.89. The summed E-state index contributed by atoms with van der Waals surface area (Å²) < 4.78 is 6.89. The van der Waals surface area contributed by atoms with Gasteiger partial charge in [0, 0.05) is 0 Å². The van der Waals surface area contributed by atoms with E-state index in [4.69, 9.17) is 4.43 Å². The van der Waals surface area contributed by atoms with Crippen molar-refractivity contribution in [2.24, 2.45) is 35.0 Å². The Morgan fingerprint density at radius 3 is 2.47 bits per heavy atom. The monoisotopic (exact) mass is 510 g/mol. The average Bonchev–Trinajstić information content (AvgIpc) is 3.11. The smallest absolute Gasteiger partial charge is 0.192 e. The first kappa shape index (κ1) is 29.7. The number of allylic oxidation sites excluding steroid dienone is 5. The second kappa shape index (κ2) is 11.5. The van der Waals surface area contributed by atoms with Gasteiger partial charge in [-0.15, -0.1) is 0 Å². The van der Waals surface area contributed by atoms with Crippen LogP contribution in [0.1, 0.15) is 107 Å². The summed E-state index contributed by atoms with van der Waals surface area (Å²) in [6.45, 7) is 28.5. The van der Waals surface area contributed by atoms with Gasteiger partial charge in [-0.2, -0.15) is 0 Å². The Morgan fingerprint density at radius 1 is 1.14 bits per heavy atom. The van der Waals surface area contributed by atoms with Gasteiger partial charge in [-0.3, -0.25) is 0 Å². The van der Waals surface area contributed by atoms with Crippen molar-refractivity contribution in [2.45, 2.75) is 131 Å². The molecule has 0 bridgehead atoms. The van der Waals surface area contributed by atoms with Crippen LogP contribution in [-0.2, 0) is 4.43 Å². The second-order valence-electron chi connectivity index (χ2n) is 14.9. The van der Waals surface area contributed by atoms with Gasteiger partial charge in [0.25, 0.3) is 0 Å². The molecule has 3 aliphatic rings. The lowest BCUT2D eigenvalue weighted by Gasteiger charge is -2.44. The number of rotatable bonds is 7.